The Morgan fingerprint density at radius 1 is 1.15 bits per heavy atom. The molecule has 0 aliphatic carbocycles. The number of nitrogens with one attached hydrogen (secondary N) is 1. The number of benzene rings is 2. The summed E-state index contributed by atoms with van der Waals surface area (Å²) in [4.78, 5) is 24.5. The number of amides is 1. The number of furan rings is 1. The second-order valence-electron chi connectivity index (χ2n) is 7.42. The third-order valence-electron chi connectivity index (χ3n) is 5.16. The van der Waals surface area contributed by atoms with Crippen molar-refractivity contribution in [2.75, 3.05) is 6.61 Å². The van der Waals surface area contributed by atoms with E-state index < -0.39 is 5.91 Å². The number of hydrogen-bond acceptors (Lipinski definition) is 5. The number of nitrogens with zero attached hydrogens (tertiary/aromatic N) is 2. The number of hydrogen-bond donors (Lipinski definition) is 1. The normalized spacial score (nSPS) is 11.3. The first-order valence-electron chi connectivity index (χ1n) is 10.4. The van der Waals surface area contributed by atoms with Gasteiger partial charge in [0.1, 0.15) is 5.58 Å². The number of esters is 1. The number of rotatable bonds is 6. The first-order chi connectivity index (χ1) is 15.9. The van der Waals surface area contributed by atoms with Crippen LogP contribution in [-0.4, -0.2) is 29.3 Å². The summed E-state index contributed by atoms with van der Waals surface area (Å²) in [5, 5.41) is 5.39. The fourth-order valence-corrected chi connectivity index (χ4v) is 3.82. The summed E-state index contributed by atoms with van der Waals surface area (Å²) >= 11 is 5.98. The van der Waals surface area contributed by atoms with Crippen LogP contribution in [0.25, 0.3) is 16.7 Å². The van der Waals surface area contributed by atoms with Gasteiger partial charge in [-0.15, -0.1) is 0 Å². The minimum absolute atomic E-state index is 0.144. The van der Waals surface area contributed by atoms with Crippen LogP contribution in [0.4, 0.5) is 0 Å². The molecule has 168 valence electrons. The van der Waals surface area contributed by atoms with Crippen LogP contribution in [0.15, 0.2) is 64.1 Å². The summed E-state index contributed by atoms with van der Waals surface area (Å²) in [7, 11) is 0. The van der Waals surface area contributed by atoms with E-state index in [9.17, 15) is 9.59 Å². The maximum Gasteiger partial charge on any atom is 0.338 e. The van der Waals surface area contributed by atoms with Crippen LogP contribution in [0.1, 0.15) is 44.8 Å². The number of carbonyl (C=O) groups excluding carboxylic acids is 2. The highest BCUT2D eigenvalue weighted by molar-refractivity contribution is 6.31. The van der Waals surface area contributed by atoms with Crippen molar-refractivity contribution in [3.63, 3.8) is 0 Å². The Hall–Kier alpha value is -3.84. The van der Waals surface area contributed by atoms with Gasteiger partial charge < -0.3 is 13.7 Å². The highest BCUT2D eigenvalue weighted by atomic mass is 35.5. The van der Waals surface area contributed by atoms with Gasteiger partial charge in [0.2, 0.25) is 0 Å². The van der Waals surface area contributed by atoms with Gasteiger partial charge >= 0.3 is 11.9 Å². The van der Waals surface area contributed by atoms with Gasteiger partial charge in [-0.1, -0.05) is 17.7 Å². The number of aryl methyl sites for hydroxylation is 1. The molecule has 0 spiro atoms. The van der Waals surface area contributed by atoms with Crippen molar-refractivity contribution < 1.29 is 18.7 Å². The topological polar surface area (TPSA) is 85.8 Å². The molecule has 7 nitrogen and oxygen atoms in total. The maximum absolute atomic E-state index is 12.4. The van der Waals surface area contributed by atoms with Crippen LogP contribution in [0.2, 0.25) is 5.02 Å². The maximum atomic E-state index is 12.4. The molecule has 1 N–H and O–H groups in total. The van der Waals surface area contributed by atoms with E-state index in [0.717, 1.165) is 28.0 Å². The van der Waals surface area contributed by atoms with Crippen molar-refractivity contribution in [3.05, 3.63) is 87.9 Å². The van der Waals surface area contributed by atoms with Crippen molar-refractivity contribution in [2.24, 2.45) is 5.10 Å². The first-order valence-corrected chi connectivity index (χ1v) is 10.7. The number of hydrazone groups is 1. The quantitative estimate of drug-likeness (QED) is 0.234. The van der Waals surface area contributed by atoms with Gasteiger partial charge in [-0.05, 0) is 69.3 Å². The molecule has 8 heteroatoms. The third kappa shape index (κ3) is 4.68. The molecule has 0 aliphatic rings. The zero-order valence-electron chi connectivity index (χ0n) is 18.4. The minimum Gasteiger partial charge on any atom is -0.462 e. The largest absolute Gasteiger partial charge is 0.462 e. The molecule has 2 aromatic heterocycles. The molecule has 0 saturated carbocycles. The highest BCUT2D eigenvalue weighted by Gasteiger charge is 2.14. The molecule has 2 heterocycles. The van der Waals surface area contributed by atoms with Gasteiger partial charge in [0.15, 0.2) is 5.76 Å². The summed E-state index contributed by atoms with van der Waals surface area (Å²) in [6.45, 7) is 5.99. The summed E-state index contributed by atoms with van der Waals surface area (Å²) < 4.78 is 12.7. The van der Waals surface area contributed by atoms with Gasteiger partial charge in [-0.25, -0.2) is 10.2 Å². The summed E-state index contributed by atoms with van der Waals surface area (Å²) in [5.74, 6) is -0.681. The van der Waals surface area contributed by atoms with E-state index in [1.54, 1.807) is 49.5 Å². The Kier molecular flexibility index (Phi) is 6.33. The Balaban J connectivity index is 1.52. The van der Waals surface area contributed by atoms with Crippen molar-refractivity contribution in [3.8, 4) is 5.69 Å². The molecular weight excluding hydrogens is 442 g/mol. The monoisotopic (exact) mass is 463 g/mol. The van der Waals surface area contributed by atoms with Crippen LogP contribution in [0.3, 0.4) is 0 Å². The molecule has 0 bridgehead atoms. The number of aromatic nitrogens is 1. The Morgan fingerprint density at radius 3 is 2.76 bits per heavy atom. The average molecular weight is 464 g/mol. The van der Waals surface area contributed by atoms with Crippen LogP contribution in [0.5, 0.6) is 0 Å². The molecule has 4 aromatic rings. The second kappa shape index (κ2) is 9.34. The molecule has 0 radical (unpaired) electrons. The molecule has 0 unspecified atom stereocenters. The lowest BCUT2D eigenvalue weighted by Crippen LogP contribution is -2.16. The van der Waals surface area contributed by atoms with Crippen molar-refractivity contribution in [1.29, 1.82) is 0 Å². The van der Waals surface area contributed by atoms with Crippen molar-refractivity contribution in [1.82, 2.24) is 9.99 Å². The Morgan fingerprint density at radius 2 is 1.97 bits per heavy atom. The summed E-state index contributed by atoms with van der Waals surface area (Å²) in [6, 6.07) is 15.9. The van der Waals surface area contributed by atoms with E-state index in [1.165, 1.54) is 0 Å². The predicted octanol–water partition coefficient (Wildman–Crippen LogP) is 5.43. The van der Waals surface area contributed by atoms with Crippen LogP contribution < -0.4 is 5.43 Å². The van der Waals surface area contributed by atoms with Gasteiger partial charge in [0, 0.05) is 33.0 Å². The van der Waals surface area contributed by atoms with Gasteiger partial charge in [-0.2, -0.15) is 5.10 Å². The minimum atomic E-state index is -0.463. The van der Waals surface area contributed by atoms with Gasteiger partial charge in [0.05, 0.1) is 18.4 Å². The number of fused-ring (bicyclic) bond motifs is 1. The van der Waals surface area contributed by atoms with Crippen molar-refractivity contribution in [2.45, 2.75) is 20.8 Å². The van der Waals surface area contributed by atoms with E-state index >= 15 is 0 Å². The van der Waals surface area contributed by atoms with Gasteiger partial charge in [-0.3, -0.25) is 4.79 Å². The smallest absolute Gasteiger partial charge is 0.338 e. The standard InChI is InChI=1S/C25H22ClN3O4/c1-4-32-25(31)17-6-5-7-21(12-17)29-15(2)10-19(16(29)3)14-27-28-24(30)23-13-18-11-20(26)8-9-22(18)33-23/h5-14H,4H2,1-3H3,(H,28,30)/b27-14-. The zero-order chi connectivity index (χ0) is 23.5. The van der Waals surface area contributed by atoms with Crippen LogP contribution in [0, 0.1) is 13.8 Å². The lowest BCUT2D eigenvalue weighted by Gasteiger charge is -2.11. The Bertz CT molecular complexity index is 1380. The number of ether oxygens (including phenoxy) is 1. The van der Waals surface area contributed by atoms with Crippen LogP contribution in [-0.2, 0) is 4.74 Å². The summed E-state index contributed by atoms with van der Waals surface area (Å²) in [5.41, 5.74) is 7.06. The molecule has 4 rings (SSSR count). The Labute approximate surface area is 195 Å². The molecule has 0 fully saturated rings. The first kappa shape index (κ1) is 22.4. The number of carbonyl (C=O) groups is 2. The fraction of sp³-hybridized carbons (Fsp3) is 0.160. The second-order valence-corrected chi connectivity index (χ2v) is 7.86. The molecular formula is C25H22ClN3O4. The fourth-order valence-electron chi connectivity index (χ4n) is 3.64. The molecule has 0 saturated heterocycles. The molecule has 33 heavy (non-hydrogen) atoms. The third-order valence-corrected chi connectivity index (χ3v) is 5.39. The SMILES string of the molecule is CCOC(=O)c1cccc(-n2c(C)cc(/C=N\NC(=O)c3cc4cc(Cl)ccc4o3)c2C)c1. The number of halogens is 1. The zero-order valence-corrected chi connectivity index (χ0v) is 19.1. The van der Waals surface area contributed by atoms with Crippen LogP contribution >= 0.6 is 11.6 Å². The van der Waals surface area contributed by atoms with E-state index in [-0.39, 0.29) is 11.7 Å². The van der Waals surface area contributed by atoms with Gasteiger partial charge in [0.25, 0.3) is 0 Å². The lowest BCUT2D eigenvalue weighted by atomic mass is 10.2. The lowest BCUT2D eigenvalue weighted by molar-refractivity contribution is 0.0526. The predicted molar refractivity (Wildman–Crippen MR) is 127 cm³/mol. The molecule has 0 atom stereocenters. The molecule has 2 aromatic carbocycles. The average Bonchev–Trinajstić information content (AvgIpc) is 3.34. The molecule has 0 aliphatic heterocycles. The van der Waals surface area contributed by atoms with Crippen molar-refractivity contribution >= 4 is 40.7 Å². The van der Waals surface area contributed by atoms with E-state index in [1.807, 2.05) is 36.6 Å². The summed E-state index contributed by atoms with van der Waals surface area (Å²) in [6.07, 6.45) is 1.57. The van der Waals surface area contributed by atoms with E-state index in [0.29, 0.717) is 22.8 Å². The van der Waals surface area contributed by atoms with E-state index in [2.05, 4.69) is 10.5 Å². The highest BCUT2D eigenvalue weighted by Crippen LogP contribution is 2.23. The van der Waals surface area contributed by atoms with E-state index in [4.69, 9.17) is 20.8 Å². The molecule has 1 amide bonds.